The Hall–Kier alpha value is -1.19. The molecule has 1 aromatic rings. The lowest BCUT2D eigenvalue weighted by Gasteiger charge is -2.19. The van der Waals surface area contributed by atoms with E-state index >= 15 is 0 Å². The Kier molecular flexibility index (Phi) is 6.45. The number of aromatic amines is 1. The molecule has 0 amide bonds. The SMILES string of the molecule is O=c1[nH]c(=S)n(C2OC(CO)C(O)C2O)cc1CNCCS(=O)(=O)O. The lowest BCUT2D eigenvalue weighted by molar-refractivity contribution is -0.0542. The highest BCUT2D eigenvalue weighted by molar-refractivity contribution is 7.85. The molecule has 2 rings (SSSR count). The minimum absolute atomic E-state index is 0.0325. The molecule has 13 heteroatoms. The number of H-pyrrole nitrogens is 1. The van der Waals surface area contributed by atoms with Crippen molar-refractivity contribution in [3.05, 3.63) is 26.9 Å². The Balaban J connectivity index is 2.18. The van der Waals surface area contributed by atoms with Crippen LogP contribution in [0, 0.1) is 4.77 Å². The van der Waals surface area contributed by atoms with Crippen LogP contribution < -0.4 is 10.9 Å². The third-order valence-electron chi connectivity index (χ3n) is 3.69. The molecule has 1 fully saturated rings. The summed E-state index contributed by atoms with van der Waals surface area (Å²) in [5.74, 6) is -0.515. The Morgan fingerprint density at radius 1 is 1.36 bits per heavy atom. The van der Waals surface area contributed by atoms with Crippen molar-refractivity contribution in [1.82, 2.24) is 14.9 Å². The lowest BCUT2D eigenvalue weighted by Crippen LogP contribution is -2.34. The maximum absolute atomic E-state index is 11.9. The lowest BCUT2D eigenvalue weighted by atomic mass is 10.1. The zero-order chi connectivity index (χ0) is 18.8. The van der Waals surface area contributed by atoms with Gasteiger partial charge in [-0.25, -0.2) is 0 Å². The molecular weight excluding hydrogens is 378 g/mol. The van der Waals surface area contributed by atoms with Crippen LogP contribution in [-0.4, -0.2) is 75.1 Å². The summed E-state index contributed by atoms with van der Waals surface area (Å²) in [6.45, 7) is -0.619. The third-order valence-corrected chi connectivity index (χ3v) is 4.72. The largest absolute Gasteiger partial charge is 0.394 e. The first kappa shape index (κ1) is 20.1. The van der Waals surface area contributed by atoms with E-state index in [0.29, 0.717) is 0 Å². The van der Waals surface area contributed by atoms with E-state index in [1.165, 1.54) is 10.8 Å². The number of ether oxygens (including phenoxy) is 1. The van der Waals surface area contributed by atoms with Gasteiger partial charge in [-0.05, 0) is 12.2 Å². The van der Waals surface area contributed by atoms with Crippen LogP contribution in [0.4, 0.5) is 0 Å². The van der Waals surface area contributed by atoms with E-state index in [-0.39, 0.29) is 23.4 Å². The Bertz CT molecular complexity index is 820. The molecular formula is C12H19N3O8S2. The number of hydrogen-bond acceptors (Lipinski definition) is 9. The molecule has 0 spiro atoms. The summed E-state index contributed by atoms with van der Waals surface area (Å²) in [6, 6.07) is 0. The van der Waals surface area contributed by atoms with Crippen molar-refractivity contribution in [2.24, 2.45) is 0 Å². The molecule has 1 saturated heterocycles. The minimum atomic E-state index is -4.11. The molecule has 0 aliphatic carbocycles. The van der Waals surface area contributed by atoms with Crippen molar-refractivity contribution in [3.8, 4) is 0 Å². The van der Waals surface area contributed by atoms with Gasteiger partial charge in [0.1, 0.15) is 18.3 Å². The number of aromatic nitrogens is 2. The van der Waals surface area contributed by atoms with Crippen molar-refractivity contribution in [2.75, 3.05) is 18.9 Å². The van der Waals surface area contributed by atoms with Crippen molar-refractivity contribution in [3.63, 3.8) is 0 Å². The van der Waals surface area contributed by atoms with E-state index in [1.54, 1.807) is 0 Å². The summed E-state index contributed by atoms with van der Waals surface area (Å²) in [5, 5.41) is 31.7. The van der Waals surface area contributed by atoms with Gasteiger partial charge in [0.15, 0.2) is 11.0 Å². The molecule has 1 aliphatic heterocycles. The molecule has 6 N–H and O–H groups in total. The molecule has 4 unspecified atom stereocenters. The monoisotopic (exact) mass is 397 g/mol. The van der Waals surface area contributed by atoms with Gasteiger partial charge in [-0.2, -0.15) is 8.42 Å². The van der Waals surface area contributed by atoms with Gasteiger partial charge < -0.3 is 25.4 Å². The summed E-state index contributed by atoms with van der Waals surface area (Å²) in [7, 11) is -4.11. The minimum Gasteiger partial charge on any atom is -0.394 e. The second kappa shape index (κ2) is 8.01. The van der Waals surface area contributed by atoms with Crippen LogP contribution >= 0.6 is 12.2 Å². The molecule has 2 heterocycles. The van der Waals surface area contributed by atoms with Crippen LogP contribution in [-0.2, 0) is 21.4 Å². The Morgan fingerprint density at radius 3 is 2.60 bits per heavy atom. The second-order valence-corrected chi connectivity index (χ2v) is 7.47. The second-order valence-electron chi connectivity index (χ2n) is 5.51. The smallest absolute Gasteiger partial charge is 0.266 e. The fraction of sp³-hybridized carbons (Fsp3) is 0.667. The van der Waals surface area contributed by atoms with Gasteiger partial charge in [-0.1, -0.05) is 0 Å². The van der Waals surface area contributed by atoms with E-state index in [9.17, 15) is 23.4 Å². The van der Waals surface area contributed by atoms with Crippen molar-refractivity contribution >= 4 is 22.3 Å². The van der Waals surface area contributed by atoms with Gasteiger partial charge in [-0.3, -0.25) is 18.9 Å². The molecule has 11 nitrogen and oxygen atoms in total. The quantitative estimate of drug-likeness (QED) is 0.164. The van der Waals surface area contributed by atoms with Gasteiger partial charge in [0, 0.05) is 24.8 Å². The molecule has 142 valence electrons. The van der Waals surface area contributed by atoms with Gasteiger partial charge in [0.25, 0.3) is 15.7 Å². The van der Waals surface area contributed by atoms with E-state index in [0.717, 1.165) is 0 Å². The molecule has 0 aromatic carbocycles. The summed E-state index contributed by atoms with van der Waals surface area (Å²) in [4.78, 5) is 14.3. The first-order chi connectivity index (χ1) is 11.6. The average molecular weight is 397 g/mol. The zero-order valence-electron chi connectivity index (χ0n) is 12.9. The number of nitrogens with zero attached hydrogens (tertiary/aromatic N) is 1. The molecule has 4 atom stereocenters. The first-order valence-corrected chi connectivity index (χ1v) is 9.28. The number of hydrogen-bond donors (Lipinski definition) is 6. The van der Waals surface area contributed by atoms with E-state index in [4.69, 9.17) is 26.6 Å². The van der Waals surface area contributed by atoms with Crippen LogP contribution in [0.5, 0.6) is 0 Å². The average Bonchev–Trinajstić information content (AvgIpc) is 2.80. The first-order valence-electron chi connectivity index (χ1n) is 7.26. The van der Waals surface area contributed by atoms with Gasteiger partial charge >= 0.3 is 0 Å². The fourth-order valence-corrected chi connectivity index (χ4v) is 3.03. The highest BCUT2D eigenvalue weighted by Gasteiger charge is 2.43. The van der Waals surface area contributed by atoms with Gasteiger partial charge in [0.05, 0.1) is 12.4 Å². The van der Waals surface area contributed by atoms with Crippen molar-refractivity contribution in [1.29, 1.82) is 0 Å². The molecule has 1 aliphatic rings. The van der Waals surface area contributed by atoms with Crippen molar-refractivity contribution in [2.45, 2.75) is 31.1 Å². The molecule has 0 bridgehead atoms. The Labute approximate surface area is 147 Å². The van der Waals surface area contributed by atoms with Crippen LogP contribution in [0.25, 0.3) is 0 Å². The summed E-state index contributed by atoms with van der Waals surface area (Å²) in [6.07, 6.45) is -3.48. The Morgan fingerprint density at radius 2 is 2.04 bits per heavy atom. The van der Waals surface area contributed by atoms with Crippen molar-refractivity contribution < 1.29 is 33.0 Å². The maximum Gasteiger partial charge on any atom is 0.266 e. The number of nitrogens with one attached hydrogen (secondary N) is 2. The standard InChI is InChI=1S/C12H19N3O8S2/c16-5-7-8(17)9(18)11(23-7)15-4-6(10(19)14-12(15)24)3-13-1-2-25(20,21)22/h4,7-9,11,13,16-18H,1-3,5H2,(H,14,19,24)(H,20,21,22). The highest BCUT2D eigenvalue weighted by atomic mass is 32.2. The number of rotatable bonds is 7. The predicted octanol–water partition coefficient (Wildman–Crippen LogP) is -2.51. The number of aliphatic hydroxyl groups is 3. The molecule has 0 radical (unpaired) electrons. The fourth-order valence-electron chi connectivity index (χ4n) is 2.38. The van der Waals surface area contributed by atoms with E-state index in [1.807, 2.05) is 0 Å². The molecule has 1 aromatic heterocycles. The van der Waals surface area contributed by atoms with Crippen LogP contribution in [0.2, 0.25) is 0 Å². The van der Waals surface area contributed by atoms with Crippen LogP contribution in [0.15, 0.2) is 11.0 Å². The van der Waals surface area contributed by atoms with Gasteiger partial charge in [-0.15, -0.1) is 0 Å². The van der Waals surface area contributed by atoms with Gasteiger partial charge in [0.2, 0.25) is 0 Å². The van der Waals surface area contributed by atoms with E-state index < -0.39 is 52.6 Å². The summed E-state index contributed by atoms with van der Waals surface area (Å²) >= 11 is 5.03. The normalized spacial score (nSPS) is 26.9. The summed E-state index contributed by atoms with van der Waals surface area (Å²) in [5.41, 5.74) is -0.353. The maximum atomic E-state index is 11.9. The van der Waals surface area contributed by atoms with Crippen LogP contribution in [0.1, 0.15) is 11.8 Å². The molecule has 0 saturated carbocycles. The predicted molar refractivity (Wildman–Crippen MR) is 87.0 cm³/mol. The molecule has 25 heavy (non-hydrogen) atoms. The van der Waals surface area contributed by atoms with Crippen LogP contribution in [0.3, 0.4) is 0 Å². The summed E-state index contributed by atoms with van der Waals surface area (Å²) < 4.78 is 36.5. The highest BCUT2D eigenvalue weighted by Crippen LogP contribution is 2.29. The van der Waals surface area contributed by atoms with E-state index in [2.05, 4.69) is 10.3 Å². The third kappa shape index (κ3) is 4.92. The topological polar surface area (TPSA) is 174 Å². The zero-order valence-corrected chi connectivity index (χ0v) is 14.5. The number of aliphatic hydroxyl groups excluding tert-OH is 3.